The van der Waals surface area contributed by atoms with E-state index in [4.69, 9.17) is 4.74 Å². The molecule has 0 heterocycles. The molecule has 0 saturated carbocycles. The van der Waals surface area contributed by atoms with Crippen molar-refractivity contribution in [2.45, 2.75) is 25.9 Å². The molecular weight excluding hydrogens is 250 g/mol. The Morgan fingerprint density at radius 1 is 1.22 bits per heavy atom. The van der Waals surface area contributed by atoms with E-state index in [0.717, 1.165) is 11.3 Å². The molecule has 0 radical (unpaired) electrons. The van der Waals surface area contributed by atoms with Gasteiger partial charge in [0.15, 0.2) is 0 Å². The number of rotatable bonds is 6. The first kappa shape index (κ1) is 15.0. The van der Waals surface area contributed by atoms with Crippen molar-refractivity contribution in [1.82, 2.24) is 5.32 Å². The van der Waals surface area contributed by atoms with Crippen LogP contribution in [0.3, 0.4) is 0 Å². The van der Waals surface area contributed by atoms with Crippen LogP contribution >= 0.6 is 0 Å². The molecule has 0 aliphatic heterocycles. The van der Waals surface area contributed by atoms with Gasteiger partial charge in [-0.05, 0) is 31.5 Å². The molecule has 1 aromatic carbocycles. The van der Waals surface area contributed by atoms with E-state index in [2.05, 4.69) is 5.32 Å². The zero-order chi connectivity index (χ0) is 13.8. The summed E-state index contributed by atoms with van der Waals surface area (Å²) in [5, 5.41) is 3.27. The van der Waals surface area contributed by atoms with Gasteiger partial charge in [-0.15, -0.1) is 0 Å². The second-order valence-corrected chi connectivity index (χ2v) is 6.84. The van der Waals surface area contributed by atoms with E-state index < -0.39 is 9.84 Å². The van der Waals surface area contributed by atoms with Crippen LogP contribution in [0.25, 0.3) is 0 Å². The van der Waals surface area contributed by atoms with E-state index in [1.165, 1.54) is 6.26 Å². The van der Waals surface area contributed by atoms with E-state index in [9.17, 15) is 8.42 Å². The monoisotopic (exact) mass is 271 g/mol. The molecule has 0 amide bonds. The number of nitrogens with one attached hydrogen (secondary N) is 1. The average Bonchev–Trinajstić information content (AvgIpc) is 2.26. The van der Waals surface area contributed by atoms with Crippen LogP contribution in [0, 0.1) is 0 Å². The van der Waals surface area contributed by atoms with Crippen molar-refractivity contribution in [3.05, 3.63) is 29.8 Å². The molecule has 5 heteroatoms. The molecule has 1 rings (SSSR count). The van der Waals surface area contributed by atoms with Crippen molar-refractivity contribution in [2.24, 2.45) is 0 Å². The molecule has 0 saturated heterocycles. The Hall–Kier alpha value is -1.07. The molecule has 4 nitrogen and oxygen atoms in total. The van der Waals surface area contributed by atoms with Crippen LogP contribution in [0.15, 0.2) is 24.3 Å². The van der Waals surface area contributed by atoms with Gasteiger partial charge in [0.2, 0.25) is 0 Å². The fourth-order valence-electron chi connectivity index (χ4n) is 1.92. The van der Waals surface area contributed by atoms with Gasteiger partial charge in [-0.1, -0.05) is 12.1 Å². The van der Waals surface area contributed by atoms with Crippen molar-refractivity contribution in [1.29, 1.82) is 0 Å². The van der Waals surface area contributed by atoms with Crippen molar-refractivity contribution < 1.29 is 13.2 Å². The van der Waals surface area contributed by atoms with E-state index in [1.807, 2.05) is 38.1 Å². The first-order valence-electron chi connectivity index (χ1n) is 5.89. The van der Waals surface area contributed by atoms with Gasteiger partial charge in [0, 0.05) is 18.3 Å². The second kappa shape index (κ2) is 6.20. The maximum absolute atomic E-state index is 11.2. The molecule has 0 fully saturated rings. The first-order valence-corrected chi connectivity index (χ1v) is 7.95. The van der Waals surface area contributed by atoms with Crippen molar-refractivity contribution >= 4 is 9.84 Å². The predicted molar refractivity (Wildman–Crippen MR) is 73.7 cm³/mol. The van der Waals surface area contributed by atoms with Crippen LogP contribution in [0.5, 0.6) is 5.75 Å². The average molecular weight is 271 g/mol. The van der Waals surface area contributed by atoms with Gasteiger partial charge in [-0.3, -0.25) is 0 Å². The Morgan fingerprint density at radius 2 is 1.78 bits per heavy atom. The first-order chi connectivity index (χ1) is 8.31. The molecule has 0 bridgehead atoms. The highest BCUT2D eigenvalue weighted by molar-refractivity contribution is 7.90. The number of hydrogen-bond donors (Lipinski definition) is 1. The molecule has 1 N–H and O–H groups in total. The van der Waals surface area contributed by atoms with Crippen molar-refractivity contribution in [3.8, 4) is 5.75 Å². The largest absolute Gasteiger partial charge is 0.497 e. The van der Waals surface area contributed by atoms with Gasteiger partial charge in [-0.25, -0.2) is 8.42 Å². The molecular formula is C13H21NO3S. The minimum absolute atomic E-state index is 0.0721. The minimum Gasteiger partial charge on any atom is -0.497 e. The molecule has 2 atom stereocenters. The van der Waals surface area contributed by atoms with Crippen LogP contribution < -0.4 is 10.1 Å². The fraction of sp³-hybridized carbons (Fsp3) is 0.538. The van der Waals surface area contributed by atoms with Gasteiger partial charge in [0.05, 0.1) is 12.9 Å². The molecule has 0 aliphatic carbocycles. The number of benzene rings is 1. The highest BCUT2D eigenvalue weighted by Crippen LogP contribution is 2.17. The lowest BCUT2D eigenvalue weighted by Crippen LogP contribution is -2.34. The summed E-state index contributed by atoms with van der Waals surface area (Å²) in [4.78, 5) is 0. The van der Waals surface area contributed by atoms with E-state index in [1.54, 1.807) is 7.11 Å². The standard InChI is InChI=1S/C13H21NO3S/c1-10(9-18(4,15)16)14-11(2)12-5-7-13(17-3)8-6-12/h5-8,10-11,14H,9H2,1-4H3. The van der Waals surface area contributed by atoms with E-state index in [-0.39, 0.29) is 17.8 Å². The third-order valence-electron chi connectivity index (χ3n) is 2.70. The molecule has 2 unspecified atom stereocenters. The summed E-state index contributed by atoms with van der Waals surface area (Å²) in [7, 11) is -1.31. The van der Waals surface area contributed by atoms with Crippen LogP contribution in [0.1, 0.15) is 25.5 Å². The van der Waals surface area contributed by atoms with Crippen LogP contribution in [0.2, 0.25) is 0 Å². The summed E-state index contributed by atoms with van der Waals surface area (Å²) < 4.78 is 27.5. The van der Waals surface area contributed by atoms with Crippen molar-refractivity contribution in [2.75, 3.05) is 19.1 Å². The quantitative estimate of drug-likeness (QED) is 0.857. The Balaban J connectivity index is 2.61. The maximum Gasteiger partial charge on any atom is 0.148 e. The van der Waals surface area contributed by atoms with Gasteiger partial charge in [0.1, 0.15) is 15.6 Å². The minimum atomic E-state index is -2.94. The van der Waals surface area contributed by atoms with Gasteiger partial charge in [0.25, 0.3) is 0 Å². The zero-order valence-electron chi connectivity index (χ0n) is 11.3. The summed E-state index contributed by atoms with van der Waals surface area (Å²) in [6, 6.07) is 7.78. The molecule has 102 valence electrons. The number of hydrogen-bond acceptors (Lipinski definition) is 4. The predicted octanol–water partition coefficient (Wildman–Crippen LogP) is 1.78. The third kappa shape index (κ3) is 5.06. The lowest BCUT2D eigenvalue weighted by molar-refractivity contribution is 0.414. The number of methoxy groups -OCH3 is 1. The molecule has 1 aromatic rings. The maximum atomic E-state index is 11.2. The normalized spacial score (nSPS) is 15.1. The lowest BCUT2D eigenvalue weighted by atomic mass is 10.1. The highest BCUT2D eigenvalue weighted by atomic mass is 32.2. The van der Waals surface area contributed by atoms with Gasteiger partial charge in [-0.2, -0.15) is 0 Å². The number of ether oxygens (including phenoxy) is 1. The van der Waals surface area contributed by atoms with Crippen molar-refractivity contribution in [3.63, 3.8) is 0 Å². The highest BCUT2D eigenvalue weighted by Gasteiger charge is 2.13. The Morgan fingerprint density at radius 3 is 2.22 bits per heavy atom. The third-order valence-corrected chi connectivity index (χ3v) is 3.81. The molecule has 18 heavy (non-hydrogen) atoms. The Kier molecular flexibility index (Phi) is 5.16. The van der Waals surface area contributed by atoms with Gasteiger partial charge >= 0.3 is 0 Å². The number of sulfone groups is 1. The van der Waals surface area contributed by atoms with Crippen LogP contribution in [-0.2, 0) is 9.84 Å². The Labute approximate surface area is 109 Å². The smallest absolute Gasteiger partial charge is 0.148 e. The lowest BCUT2D eigenvalue weighted by Gasteiger charge is -2.20. The zero-order valence-corrected chi connectivity index (χ0v) is 12.1. The van der Waals surface area contributed by atoms with Gasteiger partial charge < -0.3 is 10.1 Å². The molecule has 0 spiro atoms. The molecule has 0 aliphatic rings. The summed E-state index contributed by atoms with van der Waals surface area (Å²) in [6.45, 7) is 3.89. The topological polar surface area (TPSA) is 55.4 Å². The summed E-state index contributed by atoms with van der Waals surface area (Å²) in [5.74, 6) is 0.961. The summed E-state index contributed by atoms with van der Waals surface area (Å²) in [5.41, 5.74) is 1.11. The second-order valence-electron chi connectivity index (χ2n) is 4.65. The fourth-order valence-corrected chi connectivity index (χ4v) is 2.92. The van der Waals surface area contributed by atoms with Crippen LogP contribution in [0.4, 0.5) is 0 Å². The summed E-state index contributed by atoms with van der Waals surface area (Å²) in [6.07, 6.45) is 1.25. The Bertz CT molecular complexity index is 468. The van der Waals surface area contributed by atoms with E-state index >= 15 is 0 Å². The van der Waals surface area contributed by atoms with E-state index in [0.29, 0.717) is 0 Å². The summed E-state index contributed by atoms with van der Waals surface area (Å²) >= 11 is 0. The SMILES string of the molecule is COc1ccc(C(C)NC(C)CS(C)(=O)=O)cc1. The van der Waals surface area contributed by atoms with Crippen LogP contribution in [-0.4, -0.2) is 33.6 Å². The molecule has 0 aromatic heterocycles.